The third kappa shape index (κ3) is 2.27. The number of hydrogen-bond acceptors (Lipinski definition) is 4. The van der Waals surface area contributed by atoms with Crippen LogP contribution in [0.5, 0.6) is 0 Å². The molecule has 0 amide bonds. The van der Waals surface area contributed by atoms with Gasteiger partial charge in [0.25, 0.3) is 0 Å². The highest BCUT2D eigenvalue weighted by Gasteiger charge is 2.31. The fourth-order valence-corrected chi connectivity index (χ4v) is 3.01. The molecule has 2 atom stereocenters. The van der Waals surface area contributed by atoms with Crippen molar-refractivity contribution in [3.05, 3.63) is 18.5 Å². The predicted octanol–water partition coefficient (Wildman–Crippen LogP) is 1.40. The van der Waals surface area contributed by atoms with Gasteiger partial charge in [-0.25, -0.2) is 9.97 Å². The molecule has 4 heteroatoms. The molecule has 0 saturated carbocycles. The van der Waals surface area contributed by atoms with Crippen molar-refractivity contribution < 1.29 is 0 Å². The van der Waals surface area contributed by atoms with Crippen LogP contribution in [0.25, 0.3) is 0 Å². The van der Waals surface area contributed by atoms with Crippen molar-refractivity contribution in [1.29, 1.82) is 0 Å². The summed E-state index contributed by atoms with van der Waals surface area (Å²) in [4.78, 5) is 13.7. The molecule has 0 aromatic carbocycles. The molecule has 2 aliphatic rings. The van der Waals surface area contributed by atoms with E-state index in [9.17, 15) is 0 Å². The van der Waals surface area contributed by atoms with Crippen LogP contribution >= 0.6 is 0 Å². The van der Waals surface area contributed by atoms with Gasteiger partial charge < -0.3 is 4.90 Å². The number of nitrogens with zero attached hydrogens (tertiary/aromatic N) is 4. The Morgan fingerprint density at radius 3 is 2.76 bits per heavy atom. The Labute approximate surface area is 103 Å². The van der Waals surface area contributed by atoms with Crippen molar-refractivity contribution >= 4 is 5.95 Å². The van der Waals surface area contributed by atoms with Crippen molar-refractivity contribution in [2.24, 2.45) is 5.92 Å². The average Bonchev–Trinajstić information content (AvgIpc) is 2.39. The lowest BCUT2D eigenvalue weighted by Gasteiger charge is -2.45. The second-order valence-electron chi connectivity index (χ2n) is 5.33. The lowest BCUT2D eigenvalue weighted by Crippen LogP contribution is -2.56. The molecule has 0 aliphatic carbocycles. The van der Waals surface area contributed by atoms with E-state index in [1.54, 1.807) is 0 Å². The number of anilines is 1. The monoisotopic (exact) mass is 232 g/mol. The fraction of sp³-hybridized carbons (Fsp3) is 0.692. The van der Waals surface area contributed by atoms with Gasteiger partial charge in [-0.1, -0.05) is 6.92 Å². The molecule has 92 valence electrons. The molecular formula is C13H20N4. The van der Waals surface area contributed by atoms with E-state index in [2.05, 4.69) is 26.7 Å². The Kier molecular flexibility index (Phi) is 2.97. The third-order valence-electron chi connectivity index (χ3n) is 3.98. The van der Waals surface area contributed by atoms with E-state index in [4.69, 9.17) is 0 Å². The maximum absolute atomic E-state index is 4.35. The van der Waals surface area contributed by atoms with Gasteiger partial charge in [-0.2, -0.15) is 0 Å². The van der Waals surface area contributed by atoms with E-state index in [1.165, 1.54) is 19.4 Å². The number of fused-ring (bicyclic) bond motifs is 1. The van der Waals surface area contributed by atoms with Gasteiger partial charge >= 0.3 is 0 Å². The lowest BCUT2D eigenvalue weighted by atomic mass is 9.92. The summed E-state index contributed by atoms with van der Waals surface area (Å²) in [6.45, 7) is 6.95. The van der Waals surface area contributed by atoms with Crippen molar-refractivity contribution in [2.75, 3.05) is 31.1 Å². The highest BCUT2D eigenvalue weighted by Crippen LogP contribution is 2.25. The number of piperazine rings is 1. The van der Waals surface area contributed by atoms with Crippen molar-refractivity contribution in [2.45, 2.75) is 25.8 Å². The quantitative estimate of drug-likeness (QED) is 0.732. The molecule has 2 fully saturated rings. The zero-order chi connectivity index (χ0) is 11.7. The zero-order valence-electron chi connectivity index (χ0n) is 10.4. The van der Waals surface area contributed by atoms with Crippen LogP contribution in [0.1, 0.15) is 19.8 Å². The molecule has 0 spiro atoms. The Morgan fingerprint density at radius 2 is 1.94 bits per heavy atom. The van der Waals surface area contributed by atoms with Crippen LogP contribution in [0, 0.1) is 5.92 Å². The van der Waals surface area contributed by atoms with Gasteiger partial charge in [0.15, 0.2) is 0 Å². The average molecular weight is 232 g/mol. The minimum atomic E-state index is 0.712. The van der Waals surface area contributed by atoms with Crippen LogP contribution in [-0.2, 0) is 0 Å². The first-order chi connectivity index (χ1) is 8.33. The van der Waals surface area contributed by atoms with E-state index >= 15 is 0 Å². The molecule has 0 bridgehead atoms. The molecule has 2 unspecified atom stereocenters. The molecule has 2 saturated heterocycles. The summed E-state index contributed by atoms with van der Waals surface area (Å²) in [5.41, 5.74) is 0. The van der Waals surface area contributed by atoms with Gasteiger partial charge in [0.05, 0.1) is 0 Å². The van der Waals surface area contributed by atoms with E-state index in [-0.39, 0.29) is 0 Å². The molecule has 0 N–H and O–H groups in total. The standard InChI is InChI=1S/C13H20N4/c1-11-3-4-12-10-17(8-7-16(12)9-11)13-14-5-2-6-15-13/h2,5-6,11-12H,3-4,7-10H2,1H3. The van der Waals surface area contributed by atoms with E-state index in [0.717, 1.165) is 31.5 Å². The summed E-state index contributed by atoms with van der Waals surface area (Å²) >= 11 is 0. The number of piperidine rings is 1. The fourth-order valence-electron chi connectivity index (χ4n) is 3.01. The smallest absolute Gasteiger partial charge is 0.225 e. The highest BCUT2D eigenvalue weighted by molar-refractivity contribution is 5.30. The summed E-state index contributed by atoms with van der Waals surface area (Å²) in [5.74, 6) is 1.76. The molecule has 3 heterocycles. The molecule has 3 rings (SSSR count). The second kappa shape index (κ2) is 4.61. The Hall–Kier alpha value is -1.16. The summed E-state index contributed by atoms with van der Waals surface area (Å²) in [5, 5.41) is 0. The van der Waals surface area contributed by atoms with Crippen LogP contribution in [0.4, 0.5) is 5.95 Å². The van der Waals surface area contributed by atoms with Crippen LogP contribution in [0.2, 0.25) is 0 Å². The summed E-state index contributed by atoms with van der Waals surface area (Å²) in [6.07, 6.45) is 6.35. The summed E-state index contributed by atoms with van der Waals surface area (Å²) < 4.78 is 0. The highest BCUT2D eigenvalue weighted by atomic mass is 15.3. The normalized spacial score (nSPS) is 30.1. The first-order valence-corrected chi connectivity index (χ1v) is 6.59. The molecule has 2 aliphatic heterocycles. The first-order valence-electron chi connectivity index (χ1n) is 6.59. The molecular weight excluding hydrogens is 212 g/mol. The number of rotatable bonds is 1. The van der Waals surface area contributed by atoms with E-state index in [1.807, 2.05) is 18.5 Å². The Balaban J connectivity index is 1.68. The first kappa shape index (κ1) is 11.0. The third-order valence-corrected chi connectivity index (χ3v) is 3.98. The topological polar surface area (TPSA) is 32.3 Å². The minimum Gasteiger partial charge on any atom is -0.338 e. The van der Waals surface area contributed by atoms with Crippen LogP contribution in [0.3, 0.4) is 0 Å². The van der Waals surface area contributed by atoms with Crippen LogP contribution < -0.4 is 4.90 Å². The maximum Gasteiger partial charge on any atom is 0.225 e. The SMILES string of the molecule is CC1CCC2CN(c3ncccn3)CCN2C1. The van der Waals surface area contributed by atoms with E-state index in [0.29, 0.717) is 6.04 Å². The molecule has 0 radical (unpaired) electrons. The minimum absolute atomic E-state index is 0.712. The van der Waals surface area contributed by atoms with Gasteiger partial charge in [0.2, 0.25) is 5.95 Å². The van der Waals surface area contributed by atoms with Crippen LogP contribution in [-0.4, -0.2) is 47.1 Å². The summed E-state index contributed by atoms with van der Waals surface area (Å²) in [7, 11) is 0. The Bertz CT molecular complexity index is 367. The number of aromatic nitrogens is 2. The number of hydrogen-bond donors (Lipinski definition) is 0. The zero-order valence-corrected chi connectivity index (χ0v) is 10.4. The van der Waals surface area contributed by atoms with Crippen molar-refractivity contribution in [3.8, 4) is 0 Å². The molecule has 1 aromatic heterocycles. The van der Waals surface area contributed by atoms with Gasteiger partial charge in [-0.15, -0.1) is 0 Å². The maximum atomic E-state index is 4.35. The molecule has 17 heavy (non-hydrogen) atoms. The van der Waals surface area contributed by atoms with Gasteiger partial charge in [-0.3, -0.25) is 4.90 Å². The Morgan fingerprint density at radius 1 is 1.12 bits per heavy atom. The lowest BCUT2D eigenvalue weighted by molar-refractivity contribution is 0.101. The van der Waals surface area contributed by atoms with Gasteiger partial charge in [0.1, 0.15) is 0 Å². The summed E-state index contributed by atoms with van der Waals surface area (Å²) in [6, 6.07) is 2.59. The van der Waals surface area contributed by atoms with Crippen molar-refractivity contribution in [1.82, 2.24) is 14.9 Å². The largest absolute Gasteiger partial charge is 0.338 e. The predicted molar refractivity (Wildman–Crippen MR) is 68.0 cm³/mol. The van der Waals surface area contributed by atoms with Crippen LogP contribution in [0.15, 0.2) is 18.5 Å². The van der Waals surface area contributed by atoms with Gasteiger partial charge in [-0.05, 0) is 24.8 Å². The molecule has 1 aromatic rings. The second-order valence-corrected chi connectivity index (χ2v) is 5.33. The van der Waals surface area contributed by atoms with E-state index < -0.39 is 0 Å². The molecule has 4 nitrogen and oxygen atoms in total. The van der Waals surface area contributed by atoms with Gasteiger partial charge in [0, 0.05) is 44.6 Å². The van der Waals surface area contributed by atoms with Crippen molar-refractivity contribution in [3.63, 3.8) is 0 Å².